The van der Waals surface area contributed by atoms with E-state index in [9.17, 15) is 14.7 Å². The maximum atomic E-state index is 14.0. The molecule has 3 heterocycles. The van der Waals surface area contributed by atoms with Crippen LogP contribution in [0.5, 0.6) is 5.75 Å². The number of aliphatic hydroxyl groups is 1. The fourth-order valence-corrected chi connectivity index (χ4v) is 7.44. The van der Waals surface area contributed by atoms with Crippen LogP contribution >= 0.6 is 23.1 Å². The topological polar surface area (TPSA) is 106 Å². The molecule has 0 fully saturated rings. The van der Waals surface area contributed by atoms with Gasteiger partial charge in [0.05, 0.1) is 18.2 Å². The fourth-order valence-electron chi connectivity index (χ4n) is 5.57. The van der Waals surface area contributed by atoms with Gasteiger partial charge in [0.1, 0.15) is 11.3 Å². The Hall–Kier alpha value is -4.93. The number of benzene rings is 4. The standard InChI is InChI=1S/C36H29N3O5S2/c1-2-3-19-43-26-17-15-23(16-18-26)31-30(32(40)29-20-24-10-5-7-14-28(24)44-29)33(41)34(42)39(31)35-37-38-36(46-35)45-21-25-12-8-11-22-9-4-6-13-27(22)25/h4-18,20,31,41H,2-3,19,21H2,1H3/t31-/m0/s1. The van der Waals surface area contributed by atoms with Gasteiger partial charge in [0, 0.05) is 11.1 Å². The highest BCUT2D eigenvalue weighted by molar-refractivity contribution is 8.00. The Kier molecular flexibility index (Phi) is 8.30. The number of hydrogen-bond donors (Lipinski definition) is 1. The van der Waals surface area contributed by atoms with Crippen molar-refractivity contribution in [1.29, 1.82) is 0 Å². The molecule has 0 aliphatic carbocycles. The molecule has 7 rings (SSSR count). The molecule has 0 saturated heterocycles. The van der Waals surface area contributed by atoms with Crippen LogP contribution in [0.4, 0.5) is 5.13 Å². The summed E-state index contributed by atoms with van der Waals surface area (Å²) in [4.78, 5) is 29.1. The fraction of sp³-hybridized carbons (Fsp3) is 0.167. The second kappa shape index (κ2) is 12.8. The van der Waals surface area contributed by atoms with Gasteiger partial charge in [-0.3, -0.25) is 14.5 Å². The summed E-state index contributed by atoms with van der Waals surface area (Å²) in [5.41, 5.74) is 2.23. The Morgan fingerprint density at radius 1 is 0.978 bits per heavy atom. The van der Waals surface area contributed by atoms with Crippen molar-refractivity contribution in [2.45, 2.75) is 35.9 Å². The average Bonchev–Trinajstić information content (AvgIpc) is 3.80. The highest BCUT2D eigenvalue weighted by atomic mass is 32.2. The number of ketones is 1. The molecule has 230 valence electrons. The number of aromatic nitrogens is 2. The number of rotatable bonds is 11. The van der Waals surface area contributed by atoms with Gasteiger partial charge >= 0.3 is 0 Å². The molecule has 0 spiro atoms. The maximum absolute atomic E-state index is 14.0. The van der Waals surface area contributed by atoms with Crippen molar-refractivity contribution in [1.82, 2.24) is 10.2 Å². The lowest BCUT2D eigenvalue weighted by molar-refractivity contribution is -0.117. The Bertz CT molecular complexity index is 2060. The molecule has 1 N–H and O–H groups in total. The summed E-state index contributed by atoms with van der Waals surface area (Å²) < 4.78 is 12.4. The van der Waals surface area contributed by atoms with Crippen LogP contribution in [0, 0.1) is 0 Å². The van der Waals surface area contributed by atoms with E-state index >= 15 is 0 Å². The molecule has 1 atom stereocenters. The molecule has 8 nitrogen and oxygen atoms in total. The number of anilines is 1. The van der Waals surface area contributed by atoms with Gasteiger partial charge in [0.15, 0.2) is 15.9 Å². The smallest absolute Gasteiger partial charge is 0.296 e. The van der Waals surface area contributed by atoms with Crippen LogP contribution in [-0.4, -0.2) is 33.6 Å². The van der Waals surface area contributed by atoms with Gasteiger partial charge in [-0.2, -0.15) is 0 Å². The van der Waals surface area contributed by atoms with Crippen molar-refractivity contribution < 1.29 is 23.8 Å². The third kappa shape index (κ3) is 5.65. The van der Waals surface area contributed by atoms with E-state index in [1.165, 1.54) is 33.4 Å². The summed E-state index contributed by atoms with van der Waals surface area (Å²) in [5.74, 6) is -0.576. The van der Waals surface area contributed by atoms with Gasteiger partial charge in [-0.25, -0.2) is 0 Å². The van der Waals surface area contributed by atoms with Gasteiger partial charge in [0.2, 0.25) is 10.9 Å². The van der Waals surface area contributed by atoms with Crippen molar-refractivity contribution in [3.8, 4) is 5.75 Å². The lowest BCUT2D eigenvalue weighted by atomic mass is 9.95. The van der Waals surface area contributed by atoms with E-state index in [0.717, 1.165) is 29.2 Å². The number of amides is 1. The van der Waals surface area contributed by atoms with E-state index in [2.05, 4.69) is 41.4 Å². The van der Waals surface area contributed by atoms with Gasteiger partial charge < -0.3 is 14.3 Å². The molecular formula is C36H29N3O5S2. The number of Topliss-reactive ketones (excluding diaryl/α,β-unsaturated/α-hetero) is 1. The van der Waals surface area contributed by atoms with E-state index in [-0.39, 0.29) is 16.5 Å². The molecule has 1 aliphatic heterocycles. The minimum atomic E-state index is -0.957. The molecule has 0 bridgehead atoms. The summed E-state index contributed by atoms with van der Waals surface area (Å²) in [6, 6.07) is 29.6. The largest absolute Gasteiger partial charge is 0.503 e. The number of carbonyl (C=O) groups is 2. The first-order valence-corrected chi connectivity index (χ1v) is 16.8. The molecule has 10 heteroatoms. The third-order valence-electron chi connectivity index (χ3n) is 7.90. The first-order chi connectivity index (χ1) is 22.5. The molecule has 2 aromatic heterocycles. The number of ether oxygens (including phenoxy) is 1. The molecule has 1 aliphatic rings. The number of furan rings is 1. The number of hydrogen-bond acceptors (Lipinski definition) is 9. The second-order valence-electron chi connectivity index (χ2n) is 10.9. The highest BCUT2D eigenvalue weighted by Crippen LogP contribution is 2.44. The third-order valence-corrected chi connectivity index (χ3v) is 10.0. The Labute approximate surface area is 273 Å². The first kappa shape index (κ1) is 29.8. The number of aliphatic hydroxyl groups excluding tert-OH is 1. The van der Waals surface area contributed by atoms with Crippen LogP contribution in [0.15, 0.2) is 117 Å². The monoisotopic (exact) mass is 647 g/mol. The molecule has 1 amide bonds. The van der Waals surface area contributed by atoms with Crippen LogP contribution in [0.3, 0.4) is 0 Å². The lowest BCUT2D eigenvalue weighted by Crippen LogP contribution is -2.31. The summed E-state index contributed by atoms with van der Waals surface area (Å²) in [7, 11) is 0. The number of unbranched alkanes of at least 4 members (excludes halogenated alkanes) is 1. The quantitative estimate of drug-likeness (QED) is 0.0644. The van der Waals surface area contributed by atoms with Gasteiger partial charge in [-0.15, -0.1) is 10.2 Å². The number of thioether (sulfide) groups is 1. The molecule has 46 heavy (non-hydrogen) atoms. The second-order valence-corrected chi connectivity index (χ2v) is 13.0. The van der Waals surface area contributed by atoms with Crippen molar-refractivity contribution in [3.63, 3.8) is 0 Å². The summed E-state index contributed by atoms with van der Waals surface area (Å²) >= 11 is 2.75. The van der Waals surface area contributed by atoms with E-state index in [0.29, 0.717) is 33.6 Å². The van der Waals surface area contributed by atoms with Crippen LogP contribution in [0.25, 0.3) is 21.7 Å². The lowest BCUT2D eigenvalue weighted by Gasteiger charge is -2.24. The summed E-state index contributed by atoms with van der Waals surface area (Å²) in [5, 5.41) is 23.3. The predicted octanol–water partition coefficient (Wildman–Crippen LogP) is 8.69. The van der Waals surface area contributed by atoms with Gasteiger partial charge in [-0.05, 0) is 52.6 Å². The van der Waals surface area contributed by atoms with Crippen LogP contribution in [0.1, 0.15) is 47.5 Å². The van der Waals surface area contributed by atoms with Crippen LogP contribution < -0.4 is 9.64 Å². The Morgan fingerprint density at radius 2 is 1.74 bits per heavy atom. The van der Waals surface area contributed by atoms with Gasteiger partial charge in [-0.1, -0.05) is 109 Å². The van der Waals surface area contributed by atoms with E-state index < -0.39 is 23.5 Å². The van der Waals surface area contributed by atoms with Crippen molar-refractivity contribution in [2.75, 3.05) is 11.5 Å². The molecule has 0 saturated carbocycles. The highest BCUT2D eigenvalue weighted by Gasteiger charge is 2.46. The van der Waals surface area contributed by atoms with E-state index in [1.54, 1.807) is 36.4 Å². The van der Waals surface area contributed by atoms with E-state index in [1.807, 2.05) is 36.4 Å². The zero-order chi connectivity index (χ0) is 31.6. The van der Waals surface area contributed by atoms with Crippen LogP contribution in [0.2, 0.25) is 0 Å². The molecular weight excluding hydrogens is 619 g/mol. The molecule has 0 radical (unpaired) electrons. The SMILES string of the molecule is CCCCOc1ccc([C@H]2C(C(=O)c3cc4ccccc4o3)=C(O)C(=O)N2c2nnc(SCc3cccc4ccccc34)s2)cc1. The molecule has 0 unspecified atom stereocenters. The first-order valence-electron chi connectivity index (χ1n) is 15.0. The van der Waals surface area contributed by atoms with E-state index in [4.69, 9.17) is 9.15 Å². The number of fused-ring (bicyclic) bond motifs is 2. The Morgan fingerprint density at radius 3 is 2.54 bits per heavy atom. The zero-order valence-electron chi connectivity index (χ0n) is 24.9. The number of nitrogens with zero attached hydrogens (tertiary/aromatic N) is 3. The molecule has 4 aromatic carbocycles. The van der Waals surface area contributed by atoms with Gasteiger partial charge in [0.25, 0.3) is 5.91 Å². The van der Waals surface area contributed by atoms with Crippen molar-refractivity contribution in [2.24, 2.45) is 0 Å². The van der Waals surface area contributed by atoms with Crippen LogP contribution in [-0.2, 0) is 10.5 Å². The Balaban J connectivity index is 1.21. The number of para-hydroxylation sites is 1. The predicted molar refractivity (Wildman–Crippen MR) is 181 cm³/mol. The normalized spacial score (nSPS) is 14.9. The van der Waals surface area contributed by atoms with Crippen molar-refractivity contribution in [3.05, 3.63) is 125 Å². The summed E-state index contributed by atoms with van der Waals surface area (Å²) in [6.45, 7) is 2.68. The summed E-state index contributed by atoms with van der Waals surface area (Å²) in [6.07, 6.45) is 1.94. The molecule has 6 aromatic rings. The van der Waals surface area contributed by atoms with Crippen molar-refractivity contribution >= 4 is 61.7 Å². The minimum Gasteiger partial charge on any atom is -0.503 e. The maximum Gasteiger partial charge on any atom is 0.296 e. The average molecular weight is 648 g/mol. The zero-order valence-corrected chi connectivity index (χ0v) is 26.5. The minimum absolute atomic E-state index is 0.0329. The number of carbonyl (C=O) groups excluding carboxylic acids is 2.